The molecule has 5 heteroatoms. The molecule has 5 nitrogen and oxygen atoms in total. The molecule has 2 bridgehead atoms. The van der Waals surface area contributed by atoms with Gasteiger partial charge in [-0.2, -0.15) is 0 Å². The molecule has 0 aliphatic heterocycles. The van der Waals surface area contributed by atoms with Crippen molar-refractivity contribution < 1.29 is 9.59 Å². The van der Waals surface area contributed by atoms with Crippen molar-refractivity contribution in [2.75, 3.05) is 7.05 Å². The number of rotatable bonds is 5. The highest BCUT2D eigenvalue weighted by Gasteiger charge is 2.34. The zero-order chi connectivity index (χ0) is 17.8. The van der Waals surface area contributed by atoms with Gasteiger partial charge in [0.2, 0.25) is 5.78 Å². The number of carbonyl (C=O) groups excluding carboxylic acids is 2. The Morgan fingerprint density at radius 2 is 1.96 bits per heavy atom. The predicted molar refractivity (Wildman–Crippen MR) is 98.9 cm³/mol. The first-order valence-corrected chi connectivity index (χ1v) is 8.49. The largest absolute Gasteiger partial charge is 0.324 e. The molecule has 128 valence electrons. The Balaban J connectivity index is 2.06. The lowest BCUT2D eigenvalue weighted by Gasteiger charge is -2.09. The van der Waals surface area contributed by atoms with Crippen LogP contribution in [-0.2, 0) is 17.8 Å². The molecule has 0 aromatic carbocycles. The number of allylic oxidation sites excluding steroid dienone is 8. The maximum Gasteiger partial charge on any atom is 0.251 e. The molecule has 2 aliphatic carbocycles. The Morgan fingerprint density at radius 3 is 2.68 bits per heavy atom. The Morgan fingerprint density at radius 1 is 1.20 bits per heavy atom. The normalized spacial score (nSPS) is 16.9. The van der Waals surface area contributed by atoms with Crippen molar-refractivity contribution in [1.82, 2.24) is 9.55 Å². The lowest BCUT2D eigenvalue weighted by atomic mass is 10.0. The van der Waals surface area contributed by atoms with Crippen LogP contribution in [0.2, 0.25) is 0 Å². The summed E-state index contributed by atoms with van der Waals surface area (Å²) in [6.45, 7) is 2.62. The first kappa shape index (κ1) is 17.0. The lowest BCUT2D eigenvalue weighted by molar-refractivity contribution is -0.111. The van der Waals surface area contributed by atoms with Gasteiger partial charge in [0.15, 0.2) is 0 Å². The standard InChI is InChI=1S/C20H21N3O2/c1-3-16-22-17-14-9-5-6-10-15(13-14)19(24)20(25)18(17)23(16)12-8-4-7-11-21-2/h4-7,9-11H,3,8,12-13H2,1-2H3/b7-4-,21-11?. The molecule has 2 aliphatic rings. The summed E-state index contributed by atoms with van der Waals surface area (Å²) in [5.41, 5.74) is 2.55. The van der Waals surface area contributed by atoms with E-state index in [1.54, 1.807) is 25.4 Å². The van der Waals surface area contributed by atoms with Crippen molar-refractivity contribution in [2.45, 2.75) is 32.7 Å². The topological polar surface area (TPSA) is 64.3 Å². The van der Waals surface area contributed by atoms with Gasteiger partial charge in [0, 0.05) is 38.2 Å². The van der Waals surface area contributed by atoms with Gasteiger partial charge in [-0.1, -0.05) is 37.3 Å². The van der Waals surface area contributed by atoms with Crippen LogP contribution in [0.25, 0.3) is 5.57 Å². The quantitative estimate of drug-likeness (QED) is 0.613. The van der Waals surface area contributed by atoms with Crippen LogP contribution in [0.15, 0.2) is 47.0 Å². The fourth-order valence-corrected chi connectivity index (χ4v) is 3.15. The second-order valence-electron chi connectivity index (χ2n) is 5.96. The molecule has 25 heavy (non-hydrogen) atoms. The summed E-state index contributed by atoms with van der Waals surface area (Å²) in [6.07, 6.45) is 14.9. The molecule has 0 N–H and O–H groups in total. The number of aromatic nitrogens is 2. The first-order chi connectivity index (χ1) is 12.2. The fourth-order valence-electron chi connectivity index (χ4n) is 3.15. The third kappa shape index (κ3) is 3.22. The van der Waals surface area contributed by atoms with Gasteiger partial charge in [0.1, 0.15) is 11.5 Å². The first-order valence-electron chi connectivity index (χ1n) is 8.49. The van der Waals surface area contributed by atoms with E-state index in [0.717, 1.165) is 17.8 Å². The molecule has 0 atom stereocenters. The molecular weight excluding hydrogens is 314 g/mol. The summed E-state index contributed by atoms with van der Waals surface area (Å²) in [5, 5.41) is 0. The van der Waals surface area contributed by atoms with E-state index < -0.39 is 11.6 Å². The highest BCUT2D eigenvalue weighted by molar-refractivity contribution is 6.50. The predicted octanol–water partition coefficient (Wildman–Crippen LogP) is 3.13. The third-order valence-corrected chi connectivity index (χ3v) is 4.36. The molecule has 0 unspecified atom stereocenters. The van der Waals surface area contributed by atoms with E-state index in [2.05, 4.69) is 4.99 Å². The van der Waals surface area contributed by atoms with Crippen molar-refractivity contribution in [2.24, 2.45) is 4.99 Å². The lowest BCUT2D eigenvalue weighted by Crippen LogP contribution is -2.20. The number of Topliss-reactive ketones (excluding diaryl/α,β-unsaturated/α-hetero) is 2. The summed E-state index contributed by atoms with van der Waals surface area (Å²) in [4.78, 5) is 34.0. The van der Waals surface area contributed by atoms with Crippen LogP contribution in [-0.4, -0.2) is 34.4 Å². The highest BCUT2D eigenvalue weighted by atomic mass is 16.2. The van der Waals surface area contributed by atoms with Crippen LogP contribution >= 0.6 is 0 Å². The third-order valence-electron chi connectivity index (χ3n) is 4.36. The van der Waals surface area contributed by atoms with E-state index in [0.29, 0.717) is 36.3 Å². The summed E-state index contributed by atoms with van der Waals surface area (Å²) < 4.78 is 1.91. The molecule has 1 heterocycles. The number of aliphatic imine (C=N–C) groups is 1. The number of aryl methyl sites for hydroxylation is 1. The summed E-state index contributed by atoms with van der Waals surface area (Å²) in [7, 11) is 1.72. The summed E-state index contributed by atoms with van der Waals surface area (Å²) in [5.74, 6) is -0.0369. The SMILES string of the molecule is CCc1nc2c(n1CC/C=C\C=NC)C(=O)C(=O)C1=CC=CC=C2C1. The molecule has 0 saturated heterocycles. The number of hydrogen-bond donors (Lipinski definition) is 0. The molecule has 0 radical (unpaired) electrons. The number of ketones is 2. The summed E-state index contributed by atoms with van der Waals surface area (Å²) in [6, 6.07) is 0. The van der Waals surface area contributed by atoms with E-state index in [9.17, 15) is 9.59 Å². The van der Waals surface area contributed by atoms with Crippen LogP contribution in [0.1, 0.15) is 41.8 Å². The smallest absolute Gasteiger partial charge is 0.251 e. The molecule has 0 saturated carbocycles. The fraction of sp³-hybridized carbons (Fsp3) is 0.300. The van der Waals surface area contributed by atoms with Crippen LogP contribution in [0.5, 0.6) is 0 Å². The minimum absolute atomic E-state index is 0.423. The molecule has 3 rings (SSSR count). The van der Waals surface area contributed by atoms with Gasteiger partial charge in [0.05, 0.1) is 5.69 Å². The zero-order valence-electron chi connectivity index (χ0n) is 14.5. The monoisotopic (exact) mass is 335 g/mol. The van der Waals surface area contributed by atoms with Crippen molar-refractivity contribution in [3.05, 3.63) is 59.2 Å². The van der Waals surface area contributed by atoms with Crippen molar-refractivity contribution >= 4 is 23.4 Å². The Hall–Kier alpha value is -2.82. The maximum absolute atomic E-state index is 12.8. The van der Waals surface area contributed by atoms with Crippen LogP contribution < -0.4 is 0 Å². The van der Waals surface area contributed by atoms with Crippen LogP contribution in [0, 0.1) is 0 Å². The number of fused-ring (bicyclic) bond motifs is 4. The Labute approximate surface area is 147 Å². The molecule has 1 aromatic rings. The summed E-state index contributed by atoms with van der Waals surface area (Å²) >= 11 is 0. The maximum atomic E-state index is 12.8. The van der Waals surface area contributed by atoms with Gasteiger partial charge < -0.3 is 4.57 Å². The van der Waals surface area contributed by atoms with E-state index >= 15 is 0 Å². The number of hydrogen-bond acceptors (Lipinski definition) is 4. The molecule has 0 fully saturated rings. The molecular formula is C20H21N3O2. The van der Waals surface area contributed by atoms with E-state index in [-0.39, 0.29) is 0 Å². The van der Waals surface area contributed by atoms with Crippen LogP contribution in [0.4, 0.5) is 0 Å². The second kappa shape index (κ2) is 7.38. The number of imidazole rings is 1. The zero-order valence-corrected chi connectivity index (χ0v) is 14.5. The average Bonchev–Trinajstić information content (AvgIpc) is 2.76. The number of carbonyl (C=O) groups is 2. The van der Waals surface area contributed by atoms with Gasteiger partial charge >= 0.3 is 0 Å². The average molecular weight is 335 g/mol. The minimum Gasteiger partial charge on any atom is -0.324 e. The van der Waals surface area contributed by atoms with Gasteiger partial charge in [-0.25, -0.2) is 4.98 Å². The molecule has 1 aromatic heterocycles. The van der Waals surface area contributed by atoms with E-state index in [4.69, 9.17) is 4.98 Å². The minimum atomic E-state index is -0.453. The van der Waals surface area contributed by atoms with E-state index in [1.807, 2.05) is 35.8 Å². The molecule has 0 amide bonds. The highest BCUT2D eigenvalue weighted by Crippen LogP contribution is 2.33. The van der Waals surface area contributed by atoms with Gasteiger partial charge in [-0.3, -0.25) is 14.6 Å². The Kier molecular flexibility index (Phi) is 5.03. The van der Waals surface area contributed by atoms with Gasteiger partial charge in [0.25, 0.3) is 5.78 Å². The van der Waals surface area contributed by atoms with E-state index in [1.165, 1.54) is 0 Å². The van der Waals surface area contributed by atoms with Crippen LogP contribution in [0.3, 0.4) is 0 Å². The van der Waals surface area contributed by atoms with Crippen molar-refractivity contribution in [3.8, 4) is 0 Å². The van der Waals surface area contributed by atoms with Gasteiger partial charge in [-0.15, -0.1) is 0 Å². The molecule has 0 spiro atoms. The second-order valence-corrected chi connectivity index (χ2v) is 5.96. The van der Waals surface area contributed by atoms with Gasteiger partial charge in [-0.05, 0) is 18.1 Å². The van der Waals surface area contributed by atoms with Crippen molar-refractivity contribution in [3.63, 3.8) is 0 Å². The number of nitrogens with zero attached hydrogens (tertiary/aromatic N) is 3. The Bertz CT molecular complexity index is 864. The van der Waals surface area contributed by atoms with Crippen molar-refractivity contribution in [1.29, 1.82) is 0 Å².